The van der Waals surface area contributed by atoms with Gasteiger partial charge >= 0.3 is 0 Å². The molecule has 7 heteroatoms. The van der Waals surface area contributed by atoms with E-state index in [0.717, 1.165) is 60.7 Å². The molecule has 0 spiro atoms. The first kappa shape index (κ1) is 25.1. The lowest BCUT2D eigenvalue weighted by Crippen LogP contribution is -2.47. The van der Waals surface area contributed by atoms with Crippen molar-refractivity contribution in [3.63, 3.8) is 0 Å². The van der Waals surface area contributed by atoms with Crippen LogP contribution < -0.4 is 13.8 Å². The Balaban J connectivity index is 1.57. The average molecular weight is 495 g/mol. The lowest BCUT2D eigenvalue weighted by Gasteiger charge is -2.39. The molecule has 1 aliphatic heterocycles. The molecule has 0 saturated carbocycles. The first-order valence-electron chi connectivity index (χ1n) is 11.9. The van der Waals surface area contributed by atoms with Crippen LogP contribution in [0.3, 0.4) is 0 Å². The van der Waals surface area contributed by atoms with E-state index in [9.17, 15) is 8.42 Å². The fraction of sp³-hybridized carbons (Fsp3) is 0.357. The lowest BCUT2D eigenvalue weighted by molar-refractivity contribution is 0.204. The third-order valence-electron chi connectivity index (χ3n) is 6.61. The van der Waals surface area contributed by atoms with Gasteiger partial charge in [-0.1, -0.05) is 29.8 Å². The van der Waals surface area contributed by atoms with Crippen molar-refractivity contribution in [3.05, 3.63) is 83.4 Å². The number of benzene rings is 3. The molecule has 1 heterocycles. The summed E-state index contributed by atoms with van der Waals surface area (Å²) >= 11 is 0. The second kappa shape index (κ2) is 10.7. The van der Waals surface area contributed by atoms with Gasteiger partial charge in [-0.3, -0.25) is 9.21 Å². The van der Waals surface area contributed by atoms with Gasteiger partial charge in [-0.15, -0.1) is 0 Å². The van der Waals surface area contributed by atoms with Crippen molar-refractivity contribution in [2.45, 2.75) is 44.2 Å². The maximum atomic E-state index is 13.9. The molecule has 1 fully saturated rings. The third-order valence-corrected chi connectivity index (χ3v) is 8.48. The molecule has 1 aliphatic rings. The van der Waals surface area contributed by atoms with Gasteiger partial charge in [0.2, 0.25) is 0 Å². The van der Waals surface area contributed by atoms with Crippen LogP contribution >= 0.6 is 0 Å². The first-order valence-corrected chi connectivity index (χ1v) is 13.4. The molecule has 0 aliphatic carbocycles. The SMILES string of the molecule is COc1ccc(OC)c(CN2CCC(N(c3ccc(C)cc3)S(=O)(=O)c3cccc(C)c3)CC2)c1. The highest BCUT2D eigenvalue weighted by Gasteiger charge is 2.34. The summed E-state index contributed by atoms with van der Waals surface area (Å²) in [6.07, 6.45) is 1.48. The van der Waals surface area contributed by atoms with Crippen LogP contribution in [0.1, 0.15) is 29.5 Å². The number of aryl methyl sites for hydroxylation is 2. The van der Waals surface area contributed by atoms with Gasteiger partial charge < -0.3 is 9.47 Å². The molecule has 35 heavy (non-hydrogen) atoms. The second-order valence-corrected chi connectivity index (χ2v) is 11.0. The maximum absolute atomic E-state index is 13.9. The molecule has 1 saturated heterocycles. The maximum Gasteiger partial charge on any atom is 0.264 e. The summed E-state index contributed by atoms with van der Waals surface area (Å²) in [6.45, 7) is 6.23. The topological polar surface area (TPSA) is 59.1 Å². The van der Waals surface area contributed by atoms with Crippen LogP contribution in [0.4, 0.5) is 5.69 Å². The van der Waals surface area contributed by atoms with Crippen molar-refractivity contribution >= 4 is 15.7 Å². The van der Waals surface area contributed by atoms with Crippen LogP contribution in [0.25, 0.3) is 0 Å². The standard InChI is InChI=1S/C28H34N2O4S/c1-21-8-10-24(11-9-21)30(35(31,32)27-7-5-6-22(2)18-27)25-14-16-29(17-15-25)20-23-19-26(33-3)12-13-28(23)34-4/h5-13,18-19,25H,14-17,20H2,1-4H3. The molecule has 3 aromatic carbocycles. The zero-order valence-electron chi connectivity index (χ0n) is 20.9. The van der Waals surface area contributed by atoms with E-state index in [1.807, 2.05) is 62.4 Å². The Hall–Kier alpha value is -3.03. The van der Waals surface area contributed by atoms with Crippen molar-refractivity contribution in [3.8, 4) is 11.5 Å². The molecule has 0 radical (unpaired) electrons. The number of ether oxygens (including phenoxy) is 2. The quantitative estimate of drug-likeness (QED) is 0.432. The van der Waals surface area contributed by atoms with Crippen LogP contribution in [0, 0.1) is 13.8 Å². The Morgan fingerprint density at radius 3 is 2.23 bits per heavy atom. The first-order chi connectivity index (χ1) is 16.8. The Kier molecular flexibility index (Phi) is 7.67. The number of hydrogen-bond donors (Lipinski definition) is 0. The van der Waals surface area contributed by atoms with E-state index in [1.165, 1.54) is 0 Å². The summed E-state index contributed by atoms with van der Waals surface area (Å²) in [5.74, 6) is 1.63. The smallest absolute Gasteiger partial charge is 0.264 e. The van der Waals surface area contributed by atoms with Gasteiger partial charge in [0.05, 0.1) is 24.8 Å². The average Bonchev–Trinajstić information content (AvgIpc) is 2.86. The Labute approximate surface area is 209 Å². The minimum absolute atomic E-state index is 0.119. The number of piperidine rings is 1. The van der Waals surface area contributed by atoms with Gasteiger partial charge in [0.15, 0.2) is 0 Å². The summed E-state index contributed by atoms with van der Waals surface area (Å²) in [5.41, 5.74) is 3.80. The summed E-state index contributed by atoms with van der Waals surface area (Å²) in [7, 11) is -0.375. The number of sulfonamides is 1. The van der Waals surface area contributed by atoms with E-state index < -0.39 is 10.0 Å². The number of rotatable bonds is 8. The minimum atomic E-state index is -3.71. The molecule has 0 aromatic heterocycles. The highest BCUT2D eigenvalue weighted by atomic mass is 32.2. The Bertz CT molecular complexity index is 1250. The molecule has 0 amide bonds. The van der Waals surface area contributed by atoms with Crippen molar-refractivity contribution in [2.24, 2.45) is 0 Å². The van der Waals surface area contributed by atoms with Gasteiger partial charge in [0, 0.05) is 31.2 Å². The third kappa shape index (κ3) is 5.63. The summed E-state index contributed by atoms with van der Waals surface area (Å²) in [4.78, 5) is 2.68. The molecule has 6 nitrogen and oxygen atoms in total. The summed E-state index contributed by atoms with van der Waals surface area (Å²) in [5, 5.41) is 0. The van der Waals surface area contributed by atoms with Crippen molar-refractivity contribution in [2.75, 3.05) is 31.6 Å². The van der Waals surface area contributed by atoms with E-state index in [0.29, 0.717) is 10.6 Å². The monoisotopic (exact) mass is 494 g/mol. The predicted molar refractivity (Wildman–Crippen MR) is 140 cm³/mol. The van der Waals surface area contributed by atoms with E-state index in [2.05, 4.69) is 4.90 Å². The second-order valence-electron chi connectivity index (χ2n) is 9.14. The van der Waals surface area contributed by atoms with E-state index in [-0.39, 0.29) is 6.04 Å². The largest absolute Gasteiger partial charge is 0.497 e. The zero-order chi connectivity index (χ0) is 25.0. The van der Waals surface area contributed by atoms with Crippen LogP contribution in [0.2, 0.25) is 0 Å². The lowest BCUT2D eigenvalue weighted by atomic mass is 10.0. The number of methoxy groups -OCH3 is 2. The van der Waals surface area contributed by atoms with Crippen LogP contribution in [-0.2, 0) is 16.6 Å². The minimum Gasteiger partial charge on any atom is -0.497 e. The number of likely N-dealkylation sites (tertiary alicyclic amines) is 1. The highest BCUT2D eigenvalue weighted by Crippen LogP contribution is 2.32. The summed E-state index contributed by atoms with van der Waals surface area (Å²) < 4.78 is 40.3. The highest BCUT2D eigenvalue weighted by molar-refractivity contribution is 7.92. The number of anilines is 1. The normalized spacial score (nSPS) is 15.1. The Morgan fingerprint density at radius 1 is 0.886 bits per heavy atom. The molecule has 4 rings (SSSR count). The molecule has 0 N–H and O–H groups in total. The predicted octanol–water partition coefficient (Wildman–Crippen LogP) is 5.18. The molecule has 0 atom stereocenters. The van der Waals surface area contributed by atoms with Gasteiger partial charge in [0.1, 0.15) is 11.5 Å². The Morgan fingerprint density at radius 2 is 1.60 bits per heavy atom. The molecule has 0 unspecified atom stereocenters. The molecule has 3 aromatic rings. The van der Waals surface area contributed by atoms with Gasteiger partial charge in [-0.25, -0.2) is 8.42 Å². The molecular weight excluding hydrogens is 460 g/mol. The van der Waals surface area contributed by atoms with Crippen LogP contribution in [-0.4, -0.2) is 46.7 Å². The van der Waals surface area contributed by atoms with Gasteiger partial charge in [-0.2, -0.15) is 0 Å². The molecular formula is C28H34N2O4S. The van der Waals surface area contributed by atoms with Gasteiger partial charge in [-0.05, 0) is 74.7 Å². The molecule has 0 bridgehead atoms. The fourth-order valence-corrected chi connectivity index (χ4v) is 6.50. The van der Waals surface area contributed by atoms with Gasteiger partial charge in [0.25, 0.3) is 10.0 Å². The summed E-state index contributed by atoms with van der Waals surface area (Å²) in [6, 6.07) is 20.6. The van der Waals surface area contributed by atoms with E-state index in [4.69, 9.17) is 9.47 Å². The van der Waals surface area contributed by atoms with Crippen LogP contribution in [0.15, 0.2) is 71.6 Å². The zero-order valence-corrected chi connectivity index (χ0v) is 21.7. The van der Waals surface area contributed by atoms with Crippen LogP contribution in [0.5, 0.6) is 11.5 Å². The molecule has 186 valence electrons. The van der Waals surface area contributed by atoms with E-state index >= 15 is 0 Å². The van der Waals surface area contributed by atoms with Crippen molar-refractivity contribution in [1.29, 1.82) is 0 Å². The number of nitrogens with zero attached hydrogens (tertiary/aromatic N) is 2. The van der Waals surface area contributed by atoms with Crippen molar-refractivity contribution in [1.82, 2.24) is 4.90 Å². The van der Waals surface area contributed by atoms with E-state index in [1.54, 1.807) is 36.7 Å². The number of hydrogen-bond acceptors (Lipinski definition) is 5. The fourth-order valence-electron chi connectivity index (χ4n) is 4.69. The van der Waals surface area contributed by atoms with Crippen molar-refractivity contribution < 1.29 is 17.9 Å².